The summed E-state index contributed by atoms with van der Waals surface area (Å²) in [5.41, 5.74) is 0.603. The number of halogens is 2. The zero-order valence-electron chi connectivity index (χ0n) is 12.0. The Bertz CT molecular complexity index is 413. The van der Waals surface area contributed by atoms with Crippen molar-refractivity contribution in [3.63, 3.8) is 0 Å². The van der Waals surface area contributed by atoms with Crippen LogP contribution in [0, 0.1) is 0 Å². The Kier molecular flexibility index (Phi) is 7.65. The molecular formula is C15H23Cl2NO. The fourth-order valence-electron chi connectivity index (χ4n) is 1.92. The van der Waals surface area contributed by atoms with Gasteiger partial charge < -0.3 is 5.32 Å². The second-order valence-electron chi connectivity index (χ2n) is 5.61. The summed E-state index contributed by atoms with van der Waals surface area (Å²) in [5.74, 6) is 0.120. The molecule has 0 saturated carbocycles. The molecule has 0 saturated heterocycles. The van der Waals surface area contributed by atoms with Crippen LogP contribution in [0.4, 0.5) is 0 Å². The third-order valence-electron chi connectivity index (χ3n) is 2.61. The SMILES string of the molecule is CCCC(NC(C)(C)C)C(=O)c1cccc(Cl)c1.Cl. The van der Waals surface area contributed by atoms with Gasteiger partial charge in [0.2, 0.25) is 0 Å². The molecular weight excluding hydrogens is 281 g/mol. The predicted molar refractivity (Wildman–Crippen MR) is 84.6 cm³/mol. The quantitative estimate of drug-likeness (QED) is 0.811. The van der Waals surface area contributed by atoms with Gasteiger partial charge in [0.1, 0.15) is 0 Å². The van der Waals surface area contributed by atoms with Crippen LogP contribution in [0.15, 0.2) is 24.3 Å². The number of carbonyl (C=O) groups excluding carboxylic acids is 1. The van der Waals surface area contributed by atoms with E-state index < -0.39 is 0 Å². The van der Waals surface area contributed by atoms with E-state index in [0.717, 1.165) is 12.8 Å². The van der Waals surface area contributed by atoms with Crippen molar-refractivity contribution < 1.29 is 4.79 Å². The van der Waals surface area contributed by atoms with Crippen LogP contribution in [0.25, 0.3) is 0 Å². The van der Waals surface area contributed by atoms with Crippen molar-refractivity contribution in [1.29, 1.82) is 0 Å². The van der Waals surface area contributed by atoms with Gasteiger partial charge in [-0.2, -0.15) is 0 Å². The molecule has 4 heteroatoms. The second kappa shape index (κ2) is 7.88. The Morgan fingerprint density at radius 1 is 1.37 bits per heavy atom. The number of Topliss-reactive ketones (excluding diaryl/α,β-unsaturated/α-hetero) is 1. The summed E-state index contributed by atoms with van der Waals surface area (Å²) in [6.45, 7) is 8.30. The molecule has 0 amide bonds. The first kappa shape index (κ1) is 18.4. The van der Waals surface area contributed by atoms with Crippen LogP contribution in [-0.2, 0) is 0 Å². The highest BCUT2D eigenvalue weighted by Gasteiger charge is 2.23. The molecule has 19 heavy (non-hydrogen) atoms. The summed E-state index contributed by atoms with van der Waals surface area (Å²) in [6, 6.07) is 7.01. The summed E-state index contributed by atoms with van der Waals surface area (Å²) >= 11 is 5.93. The van der Waals surface area contributed by atoms with Crippen LogP contribution in [0.1, 0.15) is 50.9 Å². The molecule has 1 aromatic rings. The van der Waals surface area contributed by atoms with Gasteiger partial charge in [0, 0.05) is 16.1 Å². The topological polar surface area (TPSA) is 29.1 Å². The Balaban J connectivity index is 0.00000324. The average molecular weight is 304 g/mol. The lowest BCUT2D eigenvalue weighted by molar-refractivity contribution is 0.0919. The van der Waals surface area contributed by atoms with Gasteiger partial charge >= 0.3 is 0 Å². The zero-order chi connectivity index (χ0) is 13.8. The molecule has 0 radical (unpaired) electrons. The molecule has 108 valence electrons. The molecule has 1 rings (SSSR count). The molecule has 0 aromatic heterocycles. The molecule has 1 unspecified atom stereocenters. The average Bonchev–Trinajstić information content (AvgIpc) is 2.26. The molecule has 1 N–H and O–H groups in total. The predicted octanol–water partition coefficient (Wildman–Crippen LogP) is 4.50. The van der Waals surface area contributed by atoms with E-state index in [1.165, 1.54) is 0 Å². The molecule has 1 atom stereocenters. The maximum absolute atomic E-state index is 12.4. The molecule has 0 bridgehead atoms. The van der Waals surface area contributed by atoms with Crippen molar-refractivity contribution >= 4 is 29.8 Å². The van der Waals surface area contributed by atoms with Gasteiger partial charge in [-0.25, -0.2) is 0 Å². The van der Waals surface area contributed by atoms with Crippen molar-refractivity contribution in [2.45, 2.75) is 52.1 Å². The van der Waals surface area contributed by atoms with Crippen molar-refractivity contribution in [3.8, 4) is 0 Å². The second-order valence-corrected chi connectivity index (χ2v) is 6.05. The minimum Gasteiger partial charge on any atom is -0.302 e. The van der Waals surface area contributed by atoms with Crippen LogP contribution in [0.5, 0.6) is 0 Å². The number of ketones is 1. The molecule has 0 aliphatic heterocycles. The molecule has 0 spiro atoms. The largest absolute Gasteiger partial charge is 0.302 e. The standard InChI is InChI=1S/C15H22ClNO.ClH/c1-5-7-13(17-15(2,3)4)14(18)11-8-6-9-12(16)10-11;/h6,8-10,13,17H,5,7H2,1-4H3;1H. The number of rotatable bonds is 5. The van der Waals surface area contributed by atoms with E-state index >= 15 is 0 Å². The maximum atomic E-state index is 12.4. The first-order chi connectivity index (χ1) is 8.33. The van der Waals surface area contributed by atoms with E-state index in [-0.39, 0.29) is 29.8 Å². The zero-order valence-corrected chi connectivity index (χ0v) is 13.6. The summed E-state index contributed by atoms with van der Waals surface area (Å²) in [6.07, 6.45) is 1.81. The molecule has 0 aliphatic rings. The van der Waals surface area contributed by atoms with E-state index in [2.05, 4.69) is 33.0 Å². The van der Waals surface area contributed by atoms with E-state index in [1.807, 2.05) is 12.1 Å². The minimum atomic E-state index is -0.145. The van der Waals surface area contributed by atoms with Crippen molar-refractivity contribution in [2.24, 2.45) is 0 Å². The Hall–Kier alpha value is -0.570. The minimum absolute atomic E-state index is 0. The maximum Gasteiger partial charge on any atom is 0.179 e. The number of hydrogen-bond acceptors (Lipinski definition) is 2. The van der Waals surface area contributed by atoms with E-state index in [9.17, 15) is 4.79 Å². The van der Waals surface area contributed by atoms with Crippen LogP contribution in [0.3, 0.4) is 0 Å². The molecule has 0 fully saturated rings. The monoisotopic (exact) mass is 303 g/mol. The van der Waals surface area contributed by atoms with Crippen molar-refractivity contribution in [3.05, 3.63) is 34.9 Å². The number of carbonyl (C=O) groups is 1. The van der Waals surface area contributed by atoms with Gasteiger partial charge in [-0.1, -0.05) is 37.1 Å². The first-order valence-electron chi connectivity index (χ1n) is 6.41. The van der Waals surface area contributed by atoms with Crippen molar-refractivity contribution in [1.82, 2.24) is 5.32 Å². The summed E-state index contributed by atoms with van der Waals surface area (Å²) < 4.78 is 0. The smallest absolute Gasteiger partial charge is 0.179 e. The van der Waals surface area contributed by atoms with Crippen molar-refractivity contribution in [2.75, 3.05) is 0 Å². The lowest BCUT2D eigenvalue weighted by Gasteiger charge is -2.27. The van der Waals surface area contributed by atoms with Crippen LogP contribution in [0.2, 0.25) is 5.02 Å². The number of nitrogens with one attached hydrogen (secondary N) is 1. The Morgan fingerprint density at radius 2 is 2.00 bits per heavy atom. The van der Waals surface area contributed by atoms with Gasteiger partial charge in [-0.05, 0) is 39.3 Å². The highest BCUT2D eigenvalue weighted by atomic mass is 35.5. The van der Waals surface area contributed by atoms with Gasteiger partial charge in [0.25, 0.3) is 0 Å². The molecule has 1 aromatic carbocycles. The van der Waals surface area contributed by atoms with Gasteiger partial charge in [0.05, 0.1) is 6.04 Å². The van der Waals surface area contributed by atoms with Gasteiger partial charge in [-0.15, -0.1) is 12.4 Å². The van der Waals surface area contributed by atoms with Gasteiger partial charge in [0.15, 0.2) is 5.78 Å². The van der Waals surface area contributed by atoms with Crippen LogP contribution < -0.4 is 5.32 Å². The molecule has 0 aliphatic carbocycles. The molecule has 2 nitrogen and oxygen atoms in total. The lowest BCUT2D eigenvalue weighted by Crippen LogP contribution is -2.47. The van der Waals surface area contributed by atoms with E-state index in [1.54, 1.807) is 12.1 Å². The van der Waals surface area contributed by atoms with E-state index in [0.29, 0.717) is 10.6 Å². The number of benzene rings is 1. The number of hydrogen-bond donors (Lipinski definition) is 1. The summed E-state index contributed by atoms with van der Waals surface area (Å²) in [4.78, 5) is 12.4. The highest BCUT2D eigenvalue weighted by molar-refractivity contribution is 6.31. The first-order valence-corrected chi connectivity index (χ1v) is 6.79. The third-order valence-corrected chi connectivity index (χ3v) is 2.85. The van der Waals surface area contributed by atoms with Crippen LogP contribution >= 0.6 is 24.0 Å². The molecule has 0 heterocycles. The van der Waals surface area contributed by atoms with E-state index in [4.69, 9.17) is 11.6 Å². The third kappa shape index (κ3) is 6.42. The van der Waals surface area contributed by atoms with Crippen LogP contribution in [-0.4, -0.2) is 17.4 Å². The Morgan fingerprint density at radius 3 is 2.47 bits per heavy atom. The normalized spacial score (nSPS) is 12.7. The van der Waals surface area contributed by atoms with Gasteiger partial charge in [-0.3, -0.25) is 4.79 Å². The fourth-order valence-corrected chi connectivity index (χ4v) is 2.11. The highest BCUT2D eigenvalue weighted by Crippen LogP contribution is 2.15. The Labute approximate surface area is 127 Å². The summed E-state index contributed by atoms with van der Waals surface area (Å²) in [5, 5.41) is 3.99. The fraction of sp³-hybridized carbons (Fsp3) is 0.533. The summed E-state index contributed by atoms with van der Waals surface area (Å²) in [7, 11) is 0. The lowest BCUT2D eigenvalue weighted by atomic mass is 9.97.